The number of pyridine rings is 1. The highest BCUT2D eigenvalue weighted by Gasteiger charge is 2.08. The van der Waals surface area contributed by atoms with Crippen molar-refractivity contribution >= 4 is 29.0 Å². The van der Waals surface area contributed by atoms with E-state index in [0.717, 1.165) is 11.8 Å². The first-order valence-corrected chi connectivity index (χ1v) is 6.07. The molecule has 0 atom stereocenters. The van der Waals surface area contributed by atoms with Crippen LogP contribution in [0.3, 0.4) is 0 Å². The lowest BCUT2D eigenvalue weighted by molar-refractivity contribution is -0.385. The second-order valence-electron chi connectivity index (χ2n) is 4.01. The third-order valence-electron chi connectivity index (χ3n) is 2.50. The molecule has 0 aliphatic heterocycles. The number of hydrogen-bond donors (Lipinski definition) is 1. The van der Waals surface area contributed by atoms with Crippen LogP contribution in [0.15, 0.2) is 42.6 Å². The topological polar surface area (TPSA) is 85.1 Å². The maximum Gasteiger partial charge on any atom is 0.287 e. The molecule has 1 N–H and O–H groups in total. The normalized spacial score (nSPS) is 10.1. The van der Waals surface area contributed by atoms with Crippen LogP contribution in [0.25, 0.3) is 0 Å². The smallest absolute Gasteiger partial charge is 0.287 e. The van der Waals surface area contributed by atoms with Gasteiger partial charge in [-0.25, -0.2) is 4.98 Å². The maximum atomic E-state index is 11.8. The van der Waals surface area contributed by atoms with Gasteiger partial charge < -0.3 is 5.32 Å². The minimum Gasteiger partial charge on any atom is -0.310 e. The van der Waals surface area contributed by atoms with Crippen LogP contribution in [-0.2, 0) is 11.2 Å². The van der Waals surface area contributed by atoms with Gasteiger partial charge in [0, 0.05) is 11.1 Å². The summed E-state index contributed by atoms with van der Waals surface area (Å²) in [4.78, 5) is 25.5. The van der Waals surface area contributed by atoms with Crippen LogP contribution in [-0.4, -0.2) is 15.8 Å². The third-order valence-corrected chi connectivity index (χ3v) is 2.76. The number of benzene rings is 1. The third kappa shape index (κ3) is 3.76. The molecule has 0 aliphatic carbocycles. The first-order valence-electron chi connectivity index (χ1n) is 5.69. The summed E-state index contributed by atoms with van der Waals surface area (Å²) in [6.07, 6.45) is 1.27. The fourth-order valence-corrected chi connectivity index (χ4v) is 1.67. The first kappa shape index (κ1) is 14.0. The van der Waals surface area contributed by atoms with E-state index < -0.39 is 4.92 Å². The first-order chi connectivity index (χ1) is 9.54. The molecule has 0 fully saturated rings. The van der Waals surface area contributed by atoms with Crippen LogP contribution < -0.4 is 5.32 Å². The minimum atomic E-state index is -0.549. The number of nitro groups is 1. The molecule has 7 heteroatoms. The van der Waals surface area contributed by atoms with E-state index in [0.29, 0.717) is 5.02 Å². The molecule has 102 valence electrons. The van der Waals surface area contributed by atoms with Crippen molar-refractivity contribution < 1.29 is 9.72 Å². The SMILES string of the molecule is O=C(Cc1ccc(Cl)cc1)Nc1ccc([N+](=O)[O-])cn1. The van der Waals surface area contributed by atoms with E-state index in [-0.39, 0.29) is 23.8 Å². The van der Waals surface area contributed by atoms with Crippen molar-refractivity contribution in [2.24, 2.45) is 0 Å². The van der Waals surface area contributed by atoms with E-state index in [1.165, 1.54) is 12.1 Å². The monoisotopic (exact) mass is 291 g/mol. The van der Waals surface area contributed by atoms with Gasteiger partial charge in [-0.1, -0.05) is 23.7 Å². The zero-order chi connectivity index (χ0) is 14.5. The quantitative estimate of drug-likeness (QED) is 0.693. The zero-order valence-corrected chi connectivity index (χ0v) is 11.0. The number of aromatic nitrogens is 1. The van der Waals surface area contributed by atoms with Crippen molar-refractivity contribution in [3.05, 3.63) is 63.3 Å². The van der Waals surface area contributed by atoms with E-state index in [1.807, 2.05) is 0 Å². The molecule has 0 saturated heterocycles. The van der Waals surface area contributed by atoms with Gasteiger partial charge in [-0.3, -0.25) is 14.9 Å². The van der Waals surface area contributed by atoms with Crippen LogP contribution in [0.2, 0.25) is 5.02 Å². The lowest BCUT2D eigenvalue weighted by Gasteiger charge is -2.04. The van der Waals surface area contributed by atoms with Crippen molar-refractivity contribution in [3.63, 3.8) is 0 Å². The van der Waals surface area contributed by atoms with E-state index >= 15 is 0 Å². The van der Waals surface area contributed by atoms with Gasteiger partial charge in [-0.2, -0.15) is 0 Å². The summed E-state index contributed by atoms with van der Waals surface area (Å²) in [5, 5.41) is 13.6. The van der Waals surface area contributed by atoms with Crippen LogP contribution in [0, 0.1) is 10.1 Å². The Morgan fingerprint density at radius 2 is 1.95 bits per heavy atom. The molecular formula is C13H10ClN3O3. The molecule has 2 rings (SSSR count). The fourth-order valence-electron chi connectivity index (χ4n) is 1.54. The van der Waals surface area contributed by atoms with E-state index in [4.69, 9.17) is 11.6 Å². The number of anilines is 1. The molecule has 1 aromatic carbocycles. The van der Waals surface area contributed by atoms with Gasteiger partial charge in [0.05, 0.1) is 11.3 Å². The van der Waals surface area contributed by atoms with Crippen molar-refractivity contribution in [1.82, 2.24) is 4.98 Å². The van der Waals surface area contributed by atoms with Gasteiger partial charge in [0.25, 0.3) is 5.69 Å². The standard InChI is InChI=1S/C13H10ClN3O3/c14-10-3-1-9(2-4-10)7-13(18)16-12-6-5-11(8-15-12)17(19)20/h1-6,8H,7H2,(H,15,16,18). The number of carbonyl (C=O) groups excluding carboxylic acids is 1. The molecule has 0 bridgehead atoms. The number of halogens is 1. The number of rotatable bonds is 4. The Bertz CT molecular complexity index is 626. The summed E-state index contributed by atoms with van der Waals surface area (Å²) >= 11 is 5.75. The van der Waals surface area contributed by atoms with Crippen molar-refractivity contribution in [2.45, 2.75) is 6.42 Å². The summed E-state index contributed by atoms with van der Waals surface area (Å²) in [6, 6.07) is 9.59. The van der Waals surface area contributed by atoms with Gasteiger partial charge in [-0.15, -0.1) is 0 Å². The van der Waals surface area contributed by atoms with Crippen LogP contribution in [0.5, 0.6) is 0 Å². The Morgan fingerprint density at radius 3 is 2.50 bits per heavy atom. The number of hydrogen-bond acceptors (Lipinski definition) is 4. The van der Waals surface area contributed by atoms with Gasteiger partial charge in [0.1, 0.15) is 12.0 Å². The summed E-state index contributed by atoms with van der Waals surface area (Å²) in [5.74, 6) is 0.0169. The minimum absolute atomic E-state index is 0.124. The Hall–Kier alpha value is -2.47. The highest BCUT2D eigenvalue weighted by atomic mass is 35.5. The Balaban J connectivity index is 1.97. The molecule has 0 spiro atoms. The summed E-state index contributed by atoms with van der Waals surface area (Å²) in [5.41, 5.74) is 0.689. The van der Waals surface area contributed by atoms with Crippen molar-refractivity contribution in [3.8, 4) is 0 Å². The summed E-state index contributed by atoms with van der Waals surface area (Å²) in [6.45, 7) is 0. The molecule has 0 unspecified atom stereocenters. The molecule has 0 saturated carbocycles. The van der Waals surface area contributed by atoms with Crippen molar-refractivity contribution in [1.29, 1.82) is 0 Å². The molecular weight excluding hydrogens is 282 g/mol. The molecule has 1 aromatic heterocycles. The Labute approximate surface area is 119 Å². The lowest BCUT2D eigenvalue weighted by atomic mass is 10.1. The molecule has 0 aliphatic rings. The molecule has 2 aromatic rings. The van der Waals surface area contributed by atoms with E-state index in [9.17, 15) is 14.9 Å². The molecule has 0 radical (unpaired) electrons. The Kier molecular flexibility index (Phi) is 4.27. The molecule has 1 amide bonds. The summed E-state index contributed by atoms with van der Waals surface area (Å²) in [7, 11) is 0. The van der Waals surface area contributed by atoms with Crippen molar-refractivity contribution in [2.75, 3.05) is 5.32 Å². The second kappa shape index (κ2) is 6.12. The fraction of sp³-hybridized carbons (Fsp3) is 0.0769. The van der Waals surface area contributed by atoms with E-state index in [1.54, 1.807) is 24.3 Å². The Morgan fingerprint density at radius 1 is 1.25 bits per heavy atom. The lowest BCUT2D eigenvalue weighted by Crippen LogP contribution is -2.15. The molecule has 20 heavy (non-hydrogen) atoms. The predicted molar refractivity (Wildman–Crippen MR) is 74.7 cm³/mol. The number of nitrogens with zero attached hydrogens (tertiary/aromatic N) is 2. The molecule has 1 heterocycles. The van der Waals surface area contributed by atoms with E-state index in [2.05, 4.69) is 10.3 Å². The van der Waals surface area contributed by atoms with Crippen LogP contribution in [0.4, 0.5) is 11.5 Å². The van der Waals surface area contributed by atoms with Gasteiger partial charge in [0.2, 0.25) is 5.91 Å². The van der Waals surface area contributed by atoms with Gasteiger partial charge >= 0.3 is 0 Å². The highest BCUT2D eigenvalue weighted by molar-refractivity contribution is 6.30. The average Bonchev–Trinajstić information content (AvgIpc) is 2.42. The number of nitrogens with one attached hydrogen (secondary N) is 1. The predicted octanol–water partition coefficient (Wildman–Crippen LogP) is 2.82. The van der Waals surface area contributed by atoms with Crippen LogP contribution in [0.1, 0.15) is 5.56 Å². The van der Waals surface area contributed by atoms with Crippen LogP contribution >= 0.6 is 11.6 Å². The molecule has 6 nitrogen and oxygen atoms in total. The average molecular weight is 292 g/mol. The zero-order valence-electron chi connectivity index (χ0n) is 10.2. The second-order valence-corrected chi connectivity index (χ2v) is 4.45. The highest BCUT2D eigenvalue weighted by Crippen LogP contribution is 2.13. The number of carbonyl (C=O) groups is 1. The number of amides is 1. The maximum absolute atomic E-state index is 11.8. The largest absolute Gasteiger partial charge is 0.310 e. The van der Waals surface area contributed by atoms with Gasteiger partial charge in [-0.05, 0) is 23.8 Å². The summed E-state index contributed by atoms with van der Waals surface area (Å²) < 4.78 is 0. The van der Waals surface area contributed by atoms with Gasteiger partial charge in [0.15, 0.2) is 0 Å².